The van der Waals surface area contributed by atoms with E-state index in [1.807, 2.05) is 24.0 Å². The summed E-state index contributed by atoms with van der Waals surface area (Å²) in [5.74, 6) is -0.258. The fourth-order valence-electron chi connectivity index (χ4n) is 5.05. The molecule has 8 heteroatoms. The highest BCUT2D eigenvalue weighted by atomic mass is 16.2. The predicted octanol–water partition coefficient (Wildman–Crippen LogP) is 1.56. The third kappa shape index (κ3) is 3.87. The van der Waals surface area contributed by atoms with E-state index in [1.54, 1.807) is 4.90 Å². The highest BCUT2D eigenvalue weighted by molar-refractivity contribution is 6.05. The van der Waals surface area contributed by atoms with Crippen molar-refractivity contribution in [3.63, 3.8) is 0 Å². The van der Waals surface area contributed by atoms with Crippen LogP contribution in [-0.4, -0.2) is 56.4 Å². The fraction of sp³-hybridized carbons (Fsp3) is 0.478. The summed E-state index contributed by atoms with van der Waals surface area (Å²) >= 11 is 0. The Morgan fingerprint density at radius 2 is 1.90 bits per heavy atom. The van der Waals surface area contributed by atoms with Crippen LogP contribution in [0.2, 0.25) is 0 Å². The van der Waals surface area contributed by atoms with Crippen LogP contribution in [0.3, 0.4) is 0 Å². The Kier molecular flexibility index (Phi) is 5.09. The van der Waals surface area contributed by atoms with Crippen LogP contribution in [0.4, 0.5) is 0 Å². The summed E-state index contributed by atoms with van der Waals surface area (Å²) in [7, 11) is 1.94. The van der Waals surface area contributed by atoms with Crippen LogP contribution in [0.15, 0.2) is 30.5 Å². The Balaban J connectivity index is 1.23. The first-order valence-corrected chi connectivity index (χ1v) is 11.0. The Bertz CT molecular complexity index is 1040. The molecule has 0 spiro atoms. The zero-order valence-electron chi connectivity index (χ0n) is 17.7. The Morgan fingerprint density at radius 3 is 2.61 bits per heavy atom. The van der Waals surface area contributed by atoms with Crippen molar-refractivity contribution in [2.24, 2.45) is 7.05 Å². The second-order valence-corrected chi connectivity index (χ2v) is 8.85. The number of nitrogens with one attached hydrogen (secondary N) is 1. The lowest BCUT2D eigenvalue weighted by atomic mass is 9.88. The molecule has 4 heterocycles. The molecule has 0 bridgehead atoms. The second-order valence-electron chi connectivity index (χ2n) is 8.85. The highest BCUT2D eigenvalue weighted by Crippen LogP contribution is 2.33. The van der Waals surface area contributed by atoms with Gasteiger partial charge in [0, 0.05) is 38.3 Å². The zero-order valence-corrected chi connectivity index (χ0v) is 17.7. The average Bonchev–Trinajstić information content (AvgIpc) is 3.31. The van der Waals surface area contributed by atoms with Crippen LogP contribution in [0.25, 0.3) is 0 Å². The van der Waals surface area contributed by atoms with Crippen LogP contribution >= 0.6 is 0 Å². The van der Waals surface area contributed by atoms with Gasteiger partial charge in [-0.2, -0.15) is 5.10 Å². The van der Waals surface area contributed by atoms with Crippen molar-refractivity contribution in [3.8, 4) is 0 Å². The van der Waals surface area contributed by atoms with Crippen molar-refractivity contribution >= 4 is 17.7 Å². The number of amides is 3. The number of rotatable bonds is 4. The molecule has 8 nitrogen and oxygen atoms in total. The van der Waals surface area contributed by atoms with Crippen LogP contribution in [0.1, 0.15) is 58.8 Å². The summed E-state index contributed by atoms with van der Waals surface area (Å²) in [5.41, 5.74) is 4.05. The second kappa shape index (κ2) is 7.92. The van der Waals surface area contributed by atoms with Gasteiger partial charge < -0.3 is 4.90 Å². The minimum atomic E-state index is -0.559. The lowest BCUT2D eigenvalue weighted by molar-refractivity contribution is -0.136. The van der Waals surface area contributed by atoms with Crippen molar-refractivity contribution < 1.29 is 14.4 Å². The number of aromatic nitrogens is 2. The summed E-state index contributed by atoms with van der Waals surface area (Å²) in [5, 5.41) is 6.83. The molecule has 0 saturated carbocycles. The number of hydrogen-bond acceptors (Lipinski definition) is 5. The van der Waals surface area contributed by atoms with E-state index >= 15 is 0 Å². The number of piperidine rings is 2. The molecule has 1 N–H and O–H groups in total. The summed E-state index contributed by atoms with van der Waals surface area (Å²) in [6, 6.07) is 7.65. The number of aryl methyl sites for hydroxylation is 1. The molecule has 2 aromatic rings. The normalized spacial score (nSPS) is 22.7. The minimum absolute atomic E-state index is 0.110. The first kappa shape index (κ1) is 19.9. The van der Waals surface area contributed by atoms with E-state index in [9.17, 15) is 14.4 Å². The van der Waals surface area contributed by atoms with Gasteiger partial charge in [0.1, 0.15) is 6.04 Å². The van der Waals surface area contributed by atoms with E-state index in [1.165, 1.54) is 5.56 Å². The Hall–Kier alpha value is -3.00. The third-order valence-corrected chi connectivity index (χ3v) is 6.76. The molecule has 2 saturated heterocycles. The third-order valence-electron chi connectivity index (χ3n) is 6.76. The largest absolute Gasteiger partial charge is 0.322 e. The number of benzene rings is 1. The van der Waals surface area contributed by atoms with Gasteiger partial charge in [0.05, 0.1) is 5.69 Å². The fourth-order valence-corrected chi connectivity index (χ4v) is 5.05. The van der Waals surface area contributed by atoms with E-state index in [0.29, 0.717) is 24.4 Å². The molecule has 0 radical (unpaired) electrons. The molecular formula is C23H27N5O3. The van der Waals surface area contributed by atoms with Crippen molar-refractivity contribution in [1.29, 1.82) is 0 Å². The summed E-state index contributed by atoms with van der Waals surface area (Å²) < 4.78 is 1.84. The SMILES string of the molecule is Cn1ccc(CN2CCC(c3ccc4c(c3)CN(C3CCC(=O)NC3=O)C4=O)CC2)n1. The monoisotopic (exact) mass is 421 g/mol. The number of carbonyl (C=O) groups excluding carboxylic acids is 3. The molecule has 2 fully saturated rings. The van der Waals surface area contributed by atoms with Crippen LogP contribution < -0.4 is 5.32 Å². The summed E-state index contributed by atoms with van der Waals surface area (Å²) in [6.07, 6.45) is 4.81. The minimum Gasteiger partial charge on any atom is -0.322 e. The number of carbonyl (C=O) groups is 3. The van der Waals surface area contributed by atoms with Crippen molar-refractivity contribution in [2.75, 3.05) is 13.1 Å². The van der Waals surface area contributed by atoms with Crippen molar-refractivity contribution in [1.82, 2.24) is 24.9 Å². The van der Waals surface area contributed by atoms with E-state index in [2.05, 4.69) is 33.5 Å². The number of likely N-dealkylation sites (tertiary alicyclic amines) is 1. The zero-order chi connectivity index (χ0) is 21.5. The average molecular weight is 422 g/mol. The molecule has 3 amide bonds. The number of nitrogens with zero attached hydrogens (tertiary/aromatic N) is 4. The van der Waals surface area contributed by atoms with Crippen molar-refractivity contribution in [2.45, 2.75) is 50.7 Å². The van der Waals surface area contributed by atoms with Gasteiger partial charge in [0.15, 0.2) is 0 Å². The lowest BCUT2D eigenvalue weighted by Crippen LogP contribution is -2.52. The molecule has 1 unspecified atom stereocenters. The molecular weight excluding hydrogens is 394 g/mol. The molecule has 3 aliphatic rings. The number of hydrogen-bond donors (Lipinski definition) is 1. The standard InChI is InChI=1S/C23H27N5O3/c1-26-9-8-18(25-26)14-27-10-6-15(7-11-27)16-2-3-19-17(12-16)13-28(23(19)31)20-4-5-21(29)24-22(20)30/h2-3,8-9,12,15,20H,4-7,10-11,13-14H2,1H3,(H,24,29,30). The molecule has 162 valence electrons. The highest BCUT2D eigenvalue weighted by Gasteiger charge is 2.39. The summed E-state index contributed by atoms with van der Waals surface area (Å²) in [4.78, 5) is 40.6. The quantitative estimate of drug-likeness (QED) is 0.757. The molecule has 3 aliphatic heterocycles. The first-order valence-electron chi connectivity index (χ1n) is 11.0. The topological polar surface area (TPSA) is 87.5 Å². The van der Waals surface area contributed by atoms with Gasteiger partial charge in [-0.3, -0.25) is 29.3 Å². The summed E-state index contributed by atoms with van der Waals surface area (Å²) in [6.45, 7) is 3.37. The van der Waals surface area contributed by atoms with Gasteiger partial charge >= 0.3 is 0 Å². The maximum absolute atomic E-state index is 12.9. The van der Waals surface area contributed by atoms with E-state index in [-0.39, 0.29) is 24.1 Å². The molecule has 1 aromatic heterocycles. The van der Waals surface area contributed by atoms with Gasteiger partial charge in [-0.1, -0.05) is 12.1 Å². The van der Waals surface area contributed by atoms with Crippen molar-refractivity contribution in [3.05, 3.63) is 52.8 Å². The molecule has 31 heavy (non-hydrogen) atoms. The van der Waals surface area contributed by atoms with E-state index in [0.717, 1.165) is 43.7 Å². The Labute approximate surface area is 181 Å². The number of imide groups is 1. The van der Waals surface area contributed by atoms with Gasteiger partial charge in [-0.15, -0.1) is 0 Å². The van der Waals surface area contributed by atoms with Gasteiger partial charge in [-0.25, -0.2) is 0 Å². The predicted molar refractivity (Wildman–Crippen MR) is 113 cm³/mol. The molecule has 5 rings (SSSR count). The number of fused-ring (bicyclic) bond motifs is 1. The molecule has 1 atom stereocenters. The smallest absolute Gasteiger partial charge is 0.255 e. The molecule has 1 aromatic carbocycles. The van der Waals surface area contributed by atoms with Crippen LogP contribution in [-0.2, 0) is 29.7 Å². The van der Waals surface area contributed by atoms with Gasteiger partial charge in [0.25, 0.3) is 5.91 Å². The van der Waals surface area contributed by atoms with E-state index in [4.69, 9.17) is 0 Å². The van der Waals surface area contributed by atoms with Gasteiger partial charge in [0.2, 0.25) is 11.8 Å². The van der Waals surface area contributed by atoms with Gasteiger partial charge in [-0.05, 0) is 61.5 Å². The van der Waals surface area contributed by atoms with Crippen LogP contribution in [0, 0.1) is 0 Å². The maximum Gasteiger partial charge on any atom is 0.255 e. The molecule has 0 aliphatic carbocycles. The first-order chi connectivity index (χ1) is 15.0. The van der Waals surface area contributed by atoms with Crippen LogP contribution in [0.5, 0.6) is 0 Å². The maximum atomic E-state index is 12.9. The lowest BCUT2D eigenvalue weighted by Gasteiger charge is -2.31. The van der Waals surface area contributed by atoms with E-state index < -0.39 is 6.04 Å². The Morgan fingerprint density at radius 1 is 1.10 bits per heavy atom.